The zero-order chi connectivity index (χ0) is 13.8. The summed E-state index contributed by atoms with van der Waals surface area (Å²) in [5.41, 5.74) is 0. The molecule has 0 aromatic carbocycles. The van der Waals surface area contributed by atoms with Gasteiger partial charge >= 0.3 is 0 Å². The van der Waals surface area contributed by atoms with E-state index in [2.05, 4.69) is 37.9 Å². The van der Waals surface area contributed by atoms with Crippen LogP contribution in [-0.2, 0) is 4.79 Å². The van der Waals surface area contributed by atoms with E-state index < -0.39 is 0 Å². The van der Waals surface area contributed by atoms with Gasteiger partial charge < -0.3 is 5.32 Å². The molecule has 0 bridgehead atoms. The number of nitrogens with zero attached hydrogens (tertiary/aromatic N) is 1. The Kier molecular flexibility index (Phi) is 11.2. The van der Waals surface area contributed by atoms with Crippen LogP contribution < -0.4 is 5.32 Å². The summed E-state index contributed by atoms with van der Waals surface area (Å²) in [5, 5.41) is 3.09. The average molecular weight is 256 g/mol. The molecular formula is C15H32N2O. The Morgan fingerprint density at radius 1 is 1.00 bits per heavy atom. The molecule has 18 heavy (non-hydrogen) atoms. The highest BCUT2D eigenvalue weighted by Gasteiger charge is 2.22. The lowest BCUT2D eigenvalue weighted by atomic mass is 10.1. The highest BCUT2D eigenvalue weighted by molar-refractivity contribution is 5.81. The molecule has 0 radical (unpaired) electrons. The summed E-state index contributed by atoms with van der Waals surface area (Å²) in [4.78, 5) is 14.4. The third-order valence-corrected chi connectivity index (χ3v) is 3.45. The standard InChI is InChI=1S/C15H32N2O/c1-5-9-10-11-13-16-15(18)14(12-6-2)17(7-3)8-4/h14H,5-13H2,1-4H3,(H,16,18). The summed E-state index contributed by atoms with van der Waals surface area (Å²) < 4.78 is 0. The molecule has 3 heteroatoms. The molecule has 1 N–H and O–H groups in total. The molecule has 0 aliphatic rings. The van der Waals surface area contributed by atoms with Gasteiger partial charge in [0.05, 0.1) is 6.04 Å². The van der Waals surface area contributed by atoms with Crippen LogP contribution in [0.15, 0.2) is 0 Å². The lowest BCUT2D eigenvalue weighted by Gasteiger charge is -2.28. The van der Waals surface area contributed by atoms with Crippen LogP contribution in [-0.4, -0.2) is 36.5 Å². The zero-order valence-electron chi connectivity index (χ0n) is 12.8. The van der Waals surface area contributed by atoms with Crippen LogP contribution in [0, 0.1) is 0 Å². The number of carbonyl (C=O) groups is 1. The van der Waals surface area contributed by atoms with Crippen molar-refractivity contribution in [1.82, 2.24) is 10.2 Å². The average Bonchev–Trinajstić information content (AvgIpc) is 2.38. The van der Waals surface area contributed by atoms with Crippen molar-refractivity contribution in [2.45, 2.75) is 72.3 Å². The van der Waals surface area contributed by atoms with E-state index in [1.54, 1.807) is 0 Å². The number of likely N-dealkylation sites (N-methyl/N-ethyl adjacent to an activating group) is 1. The van der Waals surface area contributed by atoms with Gasteiger partial charge in [0.2, 0.25) is 5.91 Å². The Morgan fingerprint density at radius 2 is 1.67 bits per heavy atom. The first-order valence-corrected chi connectivity index (χ1v) is 7.72. The molecule has 0 saturated heterocycles. The molecule has 3 nitrogen and oxygen atoms in total. The summed E-state index contributed by atoms with van der Waals surface area (Å²) in [7, 11) is 0. The summed E-state index contributed by atoms with van der Waals surface area (Å²) >= 11 is 0. The van der Waals surface area contributed by atoms with E-state index >= 15 is 0 Å². The maximum atomic E-state index is 12.2. The van der Waals surface area contributed by atoms with E-state index in [0.29, 0.717) is 0 Å². The van der Waals surface area contributed by atoms with Crippen LogP contribution in [0.5, 0.6) is 0 Å². The highest BCUT2D eigenvalue weighted by atomic mass is 16.2. The van der Waals surface area contributed by atoms with Gasteiger partial charge in [-0.15, -0.1) is 0 Å². The normalized spacial score (nSPS) is 12.7. The van der Waals surface area contributed by atoms with Gasteiger partial charge in [-0.05, 0) is 25.9 Å². The fraction of sp³-hybridized carbons (Fsp3) is 0.933. The third-order valence-electron chi connectivity index (χ3n) is 3.45. The monoisotopic (exact) mass is 256 g/mol. The number of rotatable bonds is 11. The van der Waals surface area contributed by atoms with E-state index in [4.69, 9.17) is 0 Å². The van der Waals surface area contributed by atoms with Gasteiger partial charge in [0, 0.05) is 6.54 Å². The van der Waals surface area contributed by atoms with E-state index in [1.807, 2.05) is 0 Å². The quantitative estimate of drug-likeness (QED) is 0.576. The smallest absolute Gasteiger partial charge is 0.237 e. The minimum absolute atomic E-state index is 0.0659. The zero-order valence-corrected chi connectivity index (χ0v) is 12.8. The largest absolute Gasteiger partial charge is 0.355 e. The van der Waals surface area contributed by atoms with E-state index in [0.717, 1.165) is 38.9 Å². The number of amides is 1. The van der Waals surface area contributed by atoms with E-state index in [-0.39, 0.29) is 11.9 Å². The van der Waals surface area contributed by atoms with Crippen molar-refractivity contribution in [1.29, 1.82) is 0 Å². The number of hydrogen-bond acceptors (Lipinski definition) is 2. The van der Waals surface area contributed by atoms with Gasteiger partial charge in [-0.25, -0.2) is 0 Å². The molecule has 1 atom stereocenters. The lowest BCUT2D eigenvalue weighted by molar-refractivity contribution is -0.126. The van der Waals surface area contributed by atoms with Gasteiger partial charge in [0.25, 0.3) is 0 Å². The van der Waals surface area contributed by atoms with Crippen LogP contribution in [0.2, 0.25) is 0 Å². The third kappa shape index (κ3) is 7.00. The Morgan fingerprint density at radius 3 is 2.17 bits per heavy atom. The van der Waals surface area contributed by atoms with Crippen LogP contribution in [0.4, 0.5) is 0 Å². The van der Waals surface area contributed by atoms with E-state index in [9.17, 15) is 4.79 Å². The van der Waals surface area contributed by atoms with Crippen molar-refractivity contribution < 1.29 is 4.79 Å². The van der Waals surface area contributed by atoms with Gasteiger partial charge in [-0.3, -0.25) is 9.69 Å². The maximum Gasteiger partial charge on any atom is 0.237 e. The number of nitrogens with one attached hydrogen (secondary N) is 1. The molecule has 0 fully saturated rings. The first-order chi connectivity index (χ1) is 8.71. The lowest BCUT2D eigenvalue weighted by Crippen LogP contribution is -2.47. The molecule has 1 amide bonds. The molecule has 0 aromatic heterocycles. The van der Waals surface area contributed by atoms with Gasteiger partial charge in [-0.2, -0.15) is 0 Å². The first kappa shape index (κ1) is 17.4. The SMILES string of the molecule is CCCCCCNC(=O)C(CCC)N(CC)CC. The summed E-state index contributed by atoms with van der Waals surface area (Å²) in [6, 6.07) is 0.0659. The second-order valence-electron chi connectivity index (χ2n) is 4.88. The molecule has 0 saturated carbocycles. The van der Waals surface area contributed by atoms with Crippen molar-refractivity contribution in [3.05, 3.63) is 0 Å². The number of hydrogen-bond donors (Lipinski definition) is 1. The van der Waals surface area contributed by atoms with Gasteiger partial charge in [0.1, 0.15) is 0 Å². The van der Waals surface area contributed by atoms with Crippen molar-refractivity contribution in [2.24, 2.45) is 0 Å². The molecular weight excluding hydrogens is 224 g/mol. The minimum Gasteiger partial charge on any atom is -0.355 e. The molecule has 0 aliphatic heterocycles. The molecule has 0 aromatic rings. The van der Waals surface area contributed by atoms with Crippen molar-refractivity contribution >= 4 is 5.91 Å². The Balaban J connectivity index is 4.05. The number of unbranched alkanes of at least 4 members (excludes halogenated alkanes) is 3. The number of carbonyl (C=O) groups excluding carboxylic acids is 1. The molecule has 0 aliphatic carbocycles. The summed E-state index contributed by atoms with van der Waals surface area (Å²) in [6.45, 7) is 11.3. The molecule has 0 rings (SSSR count). The molecule has 108 valence electrons. The van der Waals surface area contributed by atoms with Crippen molar-refractivity contribution in [3.63, 3.8) is 0 Å². The molecule has 0 heterocycles. The van der Waals surface area contributed by atoms with Crippen LogP contribution >= 0.6 is 0 Å². The van der Waals surface area contributed by atoms with Crippen LogP contribution in [0.25, 0.3) is 0 Å². The first-order valence-electron chi connectivity index (χ1n) is 7.72. The fourth-order valence-electron chi connectivity index (χ4n) is 2.30. The maximum absolute atomic E-state index is 12.2. The molecule has 1 unspecified atom stereocenters. The van der Waals surface area contributed by atoms with Crippen molar-refractivity contribution in [3.8, 4) is 0 Å². The topological polar surface area (TPSA) is 32.3 Å². The Hall–Kier alpha value is -0.570. The Bertz CT molecular complexity index is 203. The predicted molar refractivity (Wildman–Crippen MR) is 78.8 cm³/mol. The van der Waals surface area contributed by atoms with Crippen LogP contribution in [0.3, 0.4) is 0 Å². The predicted octanol–water partition coefficient (Wildman–Crippen LogP) is 3.19. The van der Waals surface area contributed by atoms with Gasteiger partial charge in [0.15, 0.2) is 0 Å². The fourth-order valence-corrected chi connectivity index (χ4v) is 2.30. The summed E-state index contributed by atoms with van der Waals surface area (Å²) in [5.74, 6) is 0.219. The highest BCUT2D eigenvalue weighted by Crippen LogP contribution is 2.07. The summed E-state index contributed by atoms with van der Waals surface area (Å²) in [6.07, 6.45) is 6.86. The minimum atomic E-state index is 0.0659. The van der Waals surface area contributed by atoms with E-state index in [1.165, 1.54) is 19.3 Å². The van der Waals surface area contributed by atoms with Crippen molar-refractivity contribution in [2.75, 3.05) is 19.6 Å². The van der Waals surface area contributed by atoms with Crippen LogP contribution in [0.1, 0.15) is 66.2 Å². The second-order valence-corrected chi connectivity index (χ2v) is 4.88. The Labute approximate surface area is 113 Å². The second kappa shape index (κ2) is 11.5. The van der Waals surface area contributed by atoms with Gasteiger partial charge in [-0.1, -0.05) is 53.4 Å². The molecule has 0 spiro atoms.